The molecule has 0 bridgehead atoms. The summed E-state index contributed by atoms with van der Waals surface area (Å²) in [7, 11) is 1.99. The van der Waals surface area contributed by atoms with E-state index in [1.807, 2.05) is 19.3 Å². The fraction of sp³-hybridized carbons (Fsp3) is 0.385. The zero-order chi connectivity index (χ0) is 11.7. The first kappa shape index (κ1) is 10.9. The van der Waals surface area contributed by atoms with Crippen molar-refractivity contribution < 1.29 is 0 Å². The van der Waals surface area contributed by atoms with Crippen molar-refractivity contribution in [3.05, 3.63) is 35.6 Å². The average Bonchev–Trinajstić information content (AvgIpc) is 2.94. The smallest absolute Gasteiger partial charge is 0.136 e. The Labute approximate surface area is 105 Å². The lowest BCUT2D eigenvalue weighted by Gasteiger charge is -2.13. The standard InChI is InChI=1S/C13H15N3S/c1-14-9-13(5-6-13)12-15-7-4-10(16-12)11-3-2-8-17-11/h2-4,7-8,14H,5-6,9H2,1H3. The molecule has 1 fully saturated rings. The number of aromatic nitrogens is 2. The van der Waals surface area contributed by atoms with E-state index in [-0.39, 0.29) is 5.41 Å². The van der Waals surface area contributed by atoms with Gasteiger partial charge in [-0.05, 0) is 37.4 Å². The summed E-state index contributed by atoms with van der Waals surface area (Å²) in [5.41, 5.74) is 1.24. The van der Waals surface area contributed by atoms with Crippen LogP contribution in [0.25, 0.3) is 10.6 Å². The molecule has 3 rings (SSSR count). The van der Waals surface area contributed by atoms with Crippen LogP contribution in [0.3, 0.4) is 0 Å². The Kier molecular flexibility index (Phi) is 2.68. The lowest BCUT2D eigenvalue weighted by atomic mass is 10.1. The molecule has 1 aliphatic carbocycles. The highest BCUT2D eigenvalue weighted by atomic mass is 32.1. The summed E-state index contributed by atoms with van der Waals surface area (Å²) in [4.78, 5) is 10.4. The predicted octanol–water partition coefficient (Wildman–Crippen LogP) is 2.46. The average molecular weight is 245 g/mol. The fourth-order valence-electron chi connectivity index (χ4n) is 2.14. The molecule has 0 amide bonds. The lowest BCUT2D eigenvalue weighted by molar-refractivity contribution is 0.588. The van der Waals surface area contributed by atoms with E-state index in [0.29, 0.717) is 0 Å². The number of hydrogen-bond acceptors (Lipinski definition) is 4. The Balaban J connectivity index is 1.95. The van der Waals surface area contributed by atoms with Crippen LogP contribution in [0.15, 0.2) is 29.8 Å². The number of likely N-dealkylation sites (N-methyl/N-ethyl adjacent to an activating group) is 1. The fourth-order valence-corrected chi connectivity index (χ4v) is 2.84. The Morgan fingerprint density at radius 3 is 2.94 bits per heavy atom. The van der Waals surface area contributed by atoms with E-state index in [0.717, 1.165) is 18.1 Å². The van der Waals surface area contributed by atoms with Gasteiger partial charge in [0, 0.05) is 18.2 Å². The minimum Gasteiger partial charge on any atom is -0.319 e. The van der Waals surface area contributed by atoms with Crippen molar-refractivity contribution in [3.8, 4) is 10.6 Å². The summed E-state index contributed by atoms with van der Waals surface area (Å²) < 4.78 is 0. The summed E-state index contributed by atoms with van der Waals surface area (Å²) in [6, 6.07) is 6.15. The first-order valence-corrected chi connectivity index (χ1v) is 6.74. The van der Waals surface area contributed by atoms with Crippen LogP contribution < -0.4 is 5.32 Å². The Morgan fingerprint density at radius 2 is 2.29 bits per heavy atom. The number of nitrogens with zero attached hydrogens (tertiary/aromatic N) is 2. The number of nitrogens with one attached hydrogen (secondary N) is 1. The highest BCUT2D eigenvalue weighted by Gasteiger charge is 2.46. The van der Waals surface area contributed by atoms with E-state index in [1.54, 1.807) is 11.3 Å². The van der Waals surface area contributed by atoms with Gasteiger partial charge >= 0.3 is 0 Å². The second-order valence-corrected chi connectivity index (χ2v) is 5.50. The highest BCUT2D eigenvalue weighted by Crippen LogP contribution is 2.46. The van der Waals surface area contributed by atoms with Gasteiger partial charge in [0.25, 0.3) is 0 Å². The minimum absolute atomic E-state index is 0.196. The Bertz CT molecular complexity index is 503. The van der Waals surface area contributed by atoms with Crippen LogP contribution in [0.1, 0.15) is 18.7 Å². The molecule has 4 heteroatoms. The van der Waals surface area contributed by atoms with Crippen molar-refractivity contribution in [2.45, 2.75) is 18.3 Å². The van der Waals surface area contributed by atoms with Crippen molar-refractivity contribution in [2.75, 3.05) is 13.6 Å². The maximum absolute atomic E-state index is 4.73. The monoisotopic (exact) mass is 245 g/mol. The van der Waals surface area contributed by atoms with Crippen molar-refractivity contribution in [1.29, 1.82) is 0 Å². The lowest BCUT2D eigenvalue weighted by Crippen LogP contribution is -2.25. The molecule has 3 nitrogen and oxygen atoms in total. The van der Waals surface area contributed by atoms with E-state index < -0.39 is 0 Å². The molecular weight excluding hydrogens is 230 g/mol. The van der Waals surface area contributed by atoms with Crippen LogP contribution in [0.4, 0.5) is 0 Å². The predicted molar refractivity (Wildman–Crippen MR) is 70.2 cm³/mol. The molecule has 0 unspecified atom stereocenters. The van der Waals surface area contributed by atoms with E-state index >= 15 is 0 Å². The summed E-state index contributed by atoms with van der Waals surface area (Å²) in [5, 5.41) is 5.33. The molecule has 0 aromatic carbocycles. The van der Waals surface area contributed by atoms with Crippen LogP contribution in [0.5, 0.6) is 0 Å². The number of hydrogen-bond donors (Lipinski definition) is 1. The summed E-state index contributed by atoms with van der Waals surface area (Å²) in [6.45, 7) is 0.973. The van der Waals surface area contributed by atoms with Crippen molar-refractivity contribution >= 4 is 11.3 Å². The van der Waals surface area contributed by atoms with Crippen LogP contribution in [0.2, 0.25) is 0 Å². The first-order chi connectivity index (χ1) is 8.34. The Hall–Kier alpha value is -1.26. The topological polar surface area (TPSA) is 37.8 Å². The van der Waals surface area contributed by atoms with Gasteiger partial charge < -0.3 is 5.32 Å². The molecule has 0 aliphatic heterocycles. The zero-order valence-electron chi connectivity index (χ0n) is 9.81. The molecule has 2 aromatic heterocycles. The summed E-state index contributed by atoms with van der Waals surface area (Å²) in [5.74, 6) is 0.998. The summed E-state index contributed by atoms with van der Waals surface area (Å²) in [6.07, 6.45) is 4.27. The summed E-state index contributed by atoms with van der Waals surface area (Å²) >= 11 is 1.72. The van der Waals surface area contributed by atoms with E-state index in [9.17, 15) is 0 Å². The van der Waals surface area contributed by atoms with Crippen molar-refractivity contribution in [3.63, 3.8) is 0 Å². The van der Waals surface area contributed by atoms with Gasteiger partial charge in [0.1, 0.15) is 5.82 Å². The first-order valence-electron chi connectivity index (χ1n) is 5.86. The molecule has 2 heterocycles. The van der Waals surface area contributed by atoms with Crippen molar-refractivity contribution in [1.82, 2.24) is 15.3 Å². The molecule has 0 spiro atoms. The SMILES string of the molecule is CNCC1(c2nccc(-c3cccs3)n2)CC1. The van der Waals surface area contributed by atoms with Crippen LogP contribution in [-0.2, 0) is 5.41 Å². The van der Waals surface area contributed by atoms with Gasteiger partial charge in [-0.3, -0.25) is 0 Å². The maximum atomic E-state index is 4.73. The van der Waals surface area contributed by atoms with Gasteiger partial charge in [-0.1, -0.05) is 6.07 Å². The van der Waals surface area contributed by atoms with Crippen molar-refractivity contribution in [2.24, 2.45) is 0 Å². The van der Waals surface area contributed by atoms with E-state index in [4.69, 9.17) is 4.98 Å². The third-order valence-corrected chi connectivity index (χ3v) is 4.16. The quantitative estimate of drug-likeness (QED) is 0.899. The molecule has 1 aliphatic rings. The van der Waals surface area contributed by atoms with Crippen LogP contribution >= 0.6 is 11.3 Å². The maximum Gasteiger partial charge on any atom is 0.136 e. The molecule has 0 radical (unpaired) electrons. The molecule has 1 saturated carbocycles. The van der Waals surface area contributed by atoms with E-state index in [1.165, 1.54) is 17.7 Å². The third kappa shape index (κ3) is 1.98. The van der Waals surface area contributed by atoms with Crippen LogP contribution in [-0.4, -0.2) is 23.6 Å². The third-order valence-electron chi connectivity index (χ3n) is 3.27. The molecule has 1 N–H and O–H groups in total. The van der Waals surface area contributed by atoms with Gasteiger partial charge in [0.15, 0.2) is 0 Å². The molecular formula is C13H15N3S. The van der Waals surface area contributed by atoms with Gasteiger partial charge in [-0.2, -0.15) is 0 Å². The molecule has 17 heavy (non-hydrogen) atoms. The minimum atomic E-state index is 0.196. The van der Waals surface area contributed by atoms with Crippen LogP contribution in [0, 0.1) is 0 Å². The Morgan fingerprint density at radius 1 is 1.41 bits per heavy atom. The van der Waals surface area contributed by atoms with Gasteiger partial charge in [-0.15, -0.1) is 11.3 Å². The molecule has 0 saturated heterocycles. The largest absolute Gasteiger partial charge is 0.319 e. The number of rotatable bonds is 4. The normalized spacial score (nSPS) is 17.0. The van der Waals surface area contributed by atoms with E-state index in [2.05, 4.69) is 27.8 Å². The highest BCUT2D eigenvalue weighted by molar-refractivity contribution is 7.13. The zero-order valence-corrected chi connectivity index (χ0v) is 10.6. The second-order valence-electron chi connectivity index (χ2n) is 4.55. The van der Waals surface area contributed by atoms with Gasteiger partial charge in [0.05, 0.1) is 10.6 Å². The number of thiophene rings is 1. The molecule has 2 aromatic rings. The second kappa shape index (κ2) is 4.20. The van der Waals surface area contributed by atoms with Gasteiger partial charge in [0.2, 0.25) is 0 Å². The van der Waals surface area contributed by atoms with Gasteiger partial charge in [-0.25, -0.2) is 9.97 Å². The molecule has 0 atom stereocenters. The molecule has 88 valence electrons.